The third-order valence-corrected chi connectivity index (χ3v) is 4.05. The van der Waals surface area contributed by atoms with Crippen molar-refractivity contribution in [1.29, 1.82) is 0 Å². The summed E-state index contributed by atoms with van der Waals surface area (Å²) in [6.07, 6.45) is 0. The quantitative estimate of drug-likeness (QED) is 0.762. The standard InChI is InChI=1S/C16H19ClN2OS/c1-16(2,3)11-5-7-12(8-6-11)21-15-9-13(17)18-14(19-15)10-20-4/h5-9H,10H2,1-4H3. The molecule has 0 aliphatic carbocycles. The molecule has 0 radical (unpaired) electrons. The van der Waals surface area contributed by atoms with Gasteiger partial charge in [-0.05, 0) is 23.1 Å². The lowest BCUT2D eigenvalue weighted by Crippen LogP contribution is -2.10. The van der Waals surface area contributed by atoms with E-state index in [9.17, 15) is 0 Å². The number of ether oxygens (including phenoxy) is 1. The van der Waals surface area contributed by atoms with Gasteiger partial charge in [-0.25, -0.2) is 9.97 Å². The van der Waals surface area contributed by atoms with E-state index in [2.05, 4.69) is 55.0 Å². The van der Waals surface area contributed by atoms with Gasteiger partial charge in [-0.1, -0.05) is 56.3 Å². The lowest BCUT2D eigenvalue weighted by Gasteiger charge is -2.19. The van der Waals surface area contributed by atoms with Gasteiger partial charge in [-0.15, -0.1) is 0 Å². The van der Waals surface area contributed by atoms with Crippen LogP contribution in [0.2, 0.25) is 5.15 Å². The molecule has 0 saturated carbocycles. The number of nitrogens with zero attached hydrogens (tertiary/aromatic N) is 2. The van der Waals surface area contributed by atoms with Crippen LogP contribution in [0.15, 0.2) is 40.3 Å². The fraction of sp³-hybridized carbons (Fsp3) is 0.375. The molecule has 2 aromatic rings. The molecule has 112 valence electrons. The summed E-state index contributed by atoms with van der Waals surface area (Å²) in [5, 5.41) is 1.26. The molecule has 0 N–H and O–H groups in total. The van der Waals surface area contributed by atoms with Crippen LogP contribution in [-0.2, 0) is 16.8 Å². The Balaban J connectivity index is 2.18. The predicted octanol–water partition coefficient (Wildman–Crippen LogP) is 4.73. The maximum absolute atomic E-state index is 6.02. The molecule has 5 heteroatoms. The summed E-state index contributed by atoms with van der Waals surface area (Å²) in [4.78, 5) is 9.69. The van der Waals surface area contributed by atoms with E-state index in [0.717, 1.165) is 9.92 Å². The lowest BCUT2D eigenvalue weighted by atomic mass is 9.87. The Morgan fingerprint density at radius 3 is 2.38 bits per heavy atom. The van der Waals surface area contributed by atoms with E-state index in [0.29, 0.717) is 17.6 Å². The fourth-order valence-corrected chi connectivity index (χ4v) is 2.93. The number of hydrogen-bond donors (Lipinski definition) is 0. The molecule has 0 bridgehead atoms. The molecule has 0 aliphatic heterocycles. The van der Waals surface area contributed by atoms with Crippen LogP contribution < -0.4 is 0 Å². The third kappa shape index (κ3) is 4.70. The monoisotopic (exact) mass is 322 g/mol. The van der Waals surface area contributed by atoms with Gasteiger partial charge in [0.05, 0.1) is 0 Å². The highest BCUT2D eigenvalue weighted by atomic mass is 35.5. The van der Waals surface area contributed by atoms with Gasteiger partial charge >= 0.3 is 0 Å². The minimum absolute atomic E-state index is 0.160. The highest BCUT2D eigenvalue weighted by Crippen LogP contribution is 2.30. The molecule has 1 aromatic heterocycles. The van der Waals surface area contributed by atoms with Crippen molar-refractivity contribution >= 4 is 23.4 Å². The topological polar surface area (TPSA) is 35.0 Å². The predicted molar refractivity (Wildman–Crippen MR) is 87.0 cm³/mol. The summed E-state index contributed by atoms with van der Waals surface area (Å²) in [6.45, 7) is 6.97. The van der Waals surface area contributed by atoms with Crippen LogP contribution in [0.3, 0.4) is 0 Å². The zero-order valence-electron chi connectivity index (χ0n) is 12.7. The molecule has 0 aliphatic rings. The van der Waals surface area contributed by atoms with E-state index in [1.165, 1.54) is 5.56 Å². The minimum Gasteiger partial charge on any atom is -0.377 e. The van der Waals surface area contributed by atoms with Gasteiger partial charge in [0.1, 0.15) is 16.8 Å². The number of aromatic nitrogens is 2. The Labute approximate surface area is 135 Å². The summed E-state index contributed by atoms with van der Waals surface area (Å²) in [7, 11) is 1.61. The van der Waals surface area contributed by atoms with Gasteiger partial charge in [-0.2, -0.15) is 0 Å². The molecule has 0 fully saturated rings. The summed E-state index contributed by atoms with van der Waals surface area (Å²) >= 11 is 7.59. The van der Waals surface area contributed by atoms with Crippen molar-refractivity contribution in [3.8, 4) is 0 Å². The first-order valence-corrected chi connectivity index (χ1v) is 7.89. The Bertz CT molecular complexity index is 609. The summed E-state index contributed by atoms with van der Waals surface area (Å²) < 4.78 is 5.05. The van der Waals surface area contributed by atoms with Crippen molar-refractivity contribution in [3.63, 3.8) is 0 Å². The minimum atomic E-state index is 0.160. The van der Waals surface area contributed by atoms with Gasteiger partial charge in [-0.3, -0.25) is 0 Å². The smallest absolute Gasteiger partial charge is 0.156 e. The Hall–Kier alpha value is -1.10. The Morgan fingerprint density at radius 2 is 1.81 bits per heavy atom. The van der Waals surface area contributed by atoms with Crippen LogP contribution in [0.4, 0.5) is 0 Å². The molecule has 0 spiro atoms. The van der Waals surface area contributed by atoms with Crippen LogP contribution in [0.25, 0.3) is 0 Å². The van der Waals surface area contributed by atoms with E-state index >= 15 is 0 Å². The molecule has 1 heterocycles. The van der Waals surface area contributed by atoms with E-state index in [1.807, 2.05) is 0 Å². The normalized spacial score (nSPS) is 11.7. The summed E-state index contributed by atoms with van der Waals surface area (Å²) in [5.74, 6) is 0.596. The highest BCUT2D eigenvalue weighted by Gasteiger charge is 2.13. The molecule has 2 rings (SSSR count). The second-order valence-electron chi connectivity index (χ2n) is 5.75. The van der Waals surface area contributed by atoms with Crippen molar-refractivity contribution in [1.82, 2.24) is 9.97 Å². The van der Waals surface area contributed by atoms with Crippen molar-refractivity contribution in [3.05, 3.63) is 46.9 Å². The SMILES string of the molecule is COCc1nc(Cl)cc(Sc2ccc(C(C)(C)C)cc2)n1. The van der Waals surface area contributed by atoms with Crippen molar-refractivity contribution in [2.24, 2.45) is 0 Å². The summed E-state index contributed by atoms with van der Waals surface area (Å²) in [5.41, 5.74) is 1.47. The lowest BCUT2D eigenvalue weighted by molar-refractivity contribution is 0.177. The van der Waals surface area contributed by atoms with Crippen LogP contribution >= 0.6 is 23.4 Å². The zero-order valence-corrected chi connectivity index (χ0v) is 14.3. The second kappa shape index (κ2) is 6.77. The van der Waals surface area contributed by atoms with Crippen LogP contribution in [0.1, 0.15) is 32.2 Å². The zero-order chi connectivity index (χ0) is 15.5. The average molecular weight is 323 g/mol. The van der Waals surface area contributed by atoms with Gasteiger partial charge < -0.3 is 4.74 Å². The fourth-order valence-electron chi connectivity index (χ4n) is 1.83. The molecule has 1 aromatic carbocycles. The highest BCUT2D eigenvalue weighted by molar-refractivity contribution is 7.99. The van der Waals surface area contributed by atoms with E-state index in [4.69, 9.17) is 16.3 Å². The third-order valence-electron chi connectivity index (χ3n) is 2.93. The van der Waals surface area contributed by atoms with Crippen molar-refractivity contribution in [2.45, 2.75) is 42.7 Å². The summed E-state index contributed by atoms with van der Waals surface area (Å²) in [6, 6.07) is 10.3. The molecule has 0 saturated heterocycles. The van der Waals surface area contributed by atoms with Crippen molar-refractivity contribution in [2.75, 3.05) is 7.11 Å². The first kappa shape index (κ1) is 16.3. The number of halogens is 1. The Morgan fingerprint density at radius 1 is 1.14 bits per heavy atom. The second-order valence-corrected chi connectivity index (χ2v) is 7.24. The van der Waals surface area contributed by atoms with Gasteiger partial charge in [0.25, 0.3) is 0 Å². The van der Waals surface area contributed by atoms with E-state index in [-0.39, 0.29) is 5.41 Å². The van der Waals surface area contributed by atoms with Crippen molar-refractivity contribution < 1.29 is 4.74 Å². The number of benzene rings is 1. The maximum Gasteiger partial charge on any atom is 0.156 e. The molecule has 0 unspecified atom stereocenters. The van der Waals surface area contributed by atoms with Gasteiger partial charge in [0, 0.05) is 18.1 Å². The van der Waals surface area contributed by atoms with Crippen LogP contribution in [0.5, 0.6) is 0 Å². The largest absolute Gasteiger partial charge is 0.377 e. The average Bonchev–Trinajstić information content (AvgIpc) is 2.38. The van der Waals surface area contributed by atoms with E-state index in [1.54, 1.807) is 24.9 Å². The molecule has 3 nitrogen and oxygen atoms in total. The van der Waals surface area contributed by atoms with Crippen LogP contribution in [0, 0.1) is 0 Å². The molecule has 0 amide bonds. The molecular formula is C16H19ClN2OS. The van der Waals surface area contributed by atoms with Gasteiger partial charge in [0.2, 0.25) is 0 Å². The number of methoxy groups -OCH3 is 1. The number of hydrogen-bond acceptors (Lipinski definition) is 4. The molecular weight excluding hydrogens is 304 g/mol. The molecule has 0 atom stereocenters. The number of rotatable bonds is 4. The van der Waals surface area contributed by atoms with Crippen LogP contribution in [-0.4, -0.2) is 17.1 Å². The van der Waals surface area contributed by atoms with Gasteiger partial charge in [0.15, 0.2) is 5.82 Å². The Kier molecular flexibility index (Phi) is 5.25. The first-order valence-electron chi connectivity index (χ1n) is 6.69. The first-order chi connectivity index (χ1) is 9.88. The maximum atomic E-state index is 6.02. The van der Waals surface area contributed by atoms with E-state index < -0.39 is 0 Å². The molecule has 21 heavy (non-hydrogen) atoms.